The molecule has 1 aromatic rings. The van der Waals surface area contributed by atoms with Gasteiger partial charge in [0.2, 0.25) is 5.91 Å². The van der Waals surface area contributed by atoms with Gasteiger partial charge in [-0.25, -0.2) is 0 Å². The number of unbranched alkanes of at least 4 members (excludes halogenated alkanes) is 2. The third-order valence-corrected chi connectivity index (χ3v) is 3.59. The minimum atomic E-state index is 0.179. The Morgan fingerprint density at radius 3 is 2.50 bits per heavy atom. The van der Waals surface area contributed by atoms with Gasteiger partial charge < -0.3 is 10.2 Å². The topological polar surface area (TPSA) is 32.3 Å². The van der Waals surface area contributed by atoms with Gasteiger partial charge in [0.25, 0.3) is 0 Å². The lowest BCUT2D eigenvalue weighted by Gasteiger charge is -2.24. The van der Waals surface area contributed by atoms with Crippen LogP contribution in [0.1, 0.15) is 38.2 Å². The lowest BCUT2D eigenvalue weighted by Crippen LogP contribution is -2.41. The van der Waals surface area contributed by atoms with Crippen LogP contribution in [-0.2, 0) is 11.2 Å². The first-order valence-electron chi connectivity index (χ1n) is 7.60. The van der Waals surface area contributed by atoms with Crippen LogP contribution in [0.2, 0.25) is 0 Å². The van der Waals surface area contributed by atoms with Gasteiger partial charge in [0.1, 0.15) is 0 Å². The number of carbonyl (C=O) groups is 1. The fourth-order valence-corrected chi connectivity index (χ4v) is 2.18. The molecule has 3 heteroatoms. The molecule has 0 aliphatic heterocycles. The molecule has 1 amide bonds. The highest BCUT2D eigenvalue weighted by Gasteiger charge is 2.13. The number of nitrogens with one attached hydrogen (secondary N) is 1. The molecule has 0 fully saturated rings. The Morgan fingerprint density at radius 2 is 1.90 bits per heavy atom. The summed E-state index contributed by atoms with van der Waals surface area (Å²) in [6, 6.07) is 10.8. The highest BCUT2D eigenvalue weighted by molar-refractivity contribution is 5.75. The van der Waals surface area contributed by atoms with E-state index in [2.05, 4.69) is 55.5 Å². The Labute approximate surface area is 123 Å². The molecule has 0 saturated carbocycles. The van der Waals surface area contributed by atoms with E-state index in [9.17, 15) is 4.79 Å². The fourth-order valence-electron chi connectivity index (χ4n) is 2.18. The van der Waals surface area contributed by atoms with E-state index in [1.165, 1.54) is 5.56 Å². The minimum Gasteiger partial charge on any atom is -0.355 e. The van der Waals surface area contributed by atoms with Crippen molar-refractivity contribution >= 4 is 5.91 Å². The standard InChI is InChI=1S/C17H28N2O/c1-4-5-7-12-17(20)18-14-16(19(2)3)13-15-10-8-6-9-11-15/h6,8-11,16H,4-5,7,12-14H2,1-3H3,(H,18,20). The molecule has 1 rings (SSSR count). The summed E-state index contributed by atoms with van der Waals surface area (Å²) in [7, 11) is 4.13. The van der Waals surface area contributed by atoms with Crippen molar-refractivity contribution in [2.45, 2.75) is 45.1 Å². The van der Waals surface area contributed by atoms with Crippen LogP contribution < -0.4 is 5.32 Å². The normalized spacial score (nSPS) is 12.4. The Morgan fingerprint density at radius 1 is 1.20 bits per heavy atom. The van der Waals surface area contributed by atoms with Crippen molar-refractivity contribution in [3.8, 4) is 0 Å². The molecule has 1 N–H and O–H groups in total. The van der Waals surface area contributed by atoms with Gasteiger partial charge in [0.05, 0.1) is 0 Å². The van der Waals surface area contributed by atoms with Crippen molar-refractivity contribution in [3.63, 3.8) is 0 Å². The first-order chi connectivity index (χ1) is 9.63. The maximum Gasteiger partial charge on any atom is 0.220 e. The number of amides is 1. The molecule has 0 aliphatic rings. The number of hydrogen-bond donors (Lipinski definition) is 1. The number of rotatable bonds is 9. The first kappa shape index (κ1) is 16.7. The predicted octanol–water partition coefficient (Wildman–Crippen LogP) is 2.86. The van der Waals surface area contributed by atoms with Gasteiger partial charge >= 0.3 is 0 Å². The second-order valence-electron chi connectivity index (χ2n) is 5.57. The van der Waals surface area contributed by atoms with E-state index in [-0.39, 0.29) is 5.91 Å². The van der Waals surface area contributed by atoms with Gasteiger partial charge in [-0.1, -0.05) is 50.1 Å². The summed E-state index contributed by atoms with van der Waals surface area (Å²) < 4.78 is 0. The lowest BCUT2D eigenvalue weighted by atomic mass is 10.1. The average Bonchev–Trinajstić information content (AvgIpc) is 2.44. The SMILES string of the molecule is CCCCCC(=O)NCC(Cc1ccccc1)N(C)C. The summed E-state index contributed by atoms with van der Waals surface area (Å²) in [4.78, 5) is 13.9. The van der Waals surface area contributed by atoms with Gasteiger partial charge in [-0.05, 0) is 32.5 Å². The van der Waals surface area contributed by atoms with Crippen molar-refractivity contribution in [2.75, 3.05) is 20.6 Å². The van der Waals surface area contributed by atoms with Crippen LogP contribution in [0.25, 0.3) is 0 Å². The first-order valence-corrected chi connectivity index (χ1v) is 7.60. The zero-order valence-corrected chi connectivity index (χ0v) is 13.1. The van der Waals surface area contributed by atoms with Crippen molar-refractivity contribution in [1.82, 2.24) is 10.2 Å². The maximum absolute atomic E-state index is 11.8. The Hall–Kier alpha value is -1.35. The van der Waals surface area contributed by atoms with Gasteiger partial charge in [-0.2, -0.15) is 0 Å². The summed E-state index contributed by atoms with van der Waals surface area (Å²) >= 11 is 0. The Kier molecular flexibility index (Phi) is 7.97. The number of benzene rings is 1. The van der Waals surface area contributed by atoms with Crippen LogP contribution in [0.5, 0.6) is 0 Å². The molecule has 0 aromatic heterocycles. The zero-order chi connectivity index (χ0) is 14.8. The molecular weight excluding hydrogens is 248 g/mol. The Bertz CT molecular complexity index is 376. The van der Waals surface area contributed by atoms with Crippen LogP contribution in [0.3, 0.4) is 0 Å². The van der Waals surface area contributed by atoms with Crippen LogP contribution >= 0.6 is 0 Å². The van der Waals surface area contributed by atoms with E-state index >= 15 is 0 Å². The molecule has 20 heavy (non-hydrogen) atoms. The van der Waals surface area contributed by atoms with E-state index < -0.39 is 0 Å². The van der Waals surface area contributed by atoms with E-state index in [1.54, 1.807) is 0 Å². The second-order valence-corrected chi connectivity index (χ2v) is 5.57. The largest absolute Gasteiger partial charge is 0.355 e. The molecule has 0 bridgehead atoms. The molecule has 112 valence electrons. The maximum atomic E-state index is 11.8. The molecule has 0 heterocycles. The lowest BCUT2D eigenvalue weighted by molar-refractivity contribution is -0.121. The van der Waals surface area contributed by atoms with Gasteiger partial charge in [-0.3, -0.25) is 4.79 Å². The number of carbonyl (C=O) groups excluding carboxylic acids is 1. The van der Waals surface area contributed by atoms with Crippen LogP contribution in [0.15, 0.2) is 30.3 Å². The number of nitrogens with zero attached hydrogens (tertiary/aromatic N) is 1. The van der Waals surface area contributed by atoms with Crippen molar-refractivity contribution < 1.29 is 4.79 Å². The Balaban J connectivity index is 2.38. The summed E-state index contributed by atoms with van der Waals surface area (Å²) in [6.07, 6.45) is 4.90. The third-order valence-electron chi connectivity index (χ3n) is 3.59. The van der Waals surface area contributed by atoms with Crippen molar-refractivity contribution in [1.29, 1.82) is 0 Å². The monoisotopic (exact) mass is 276 g/mol. The fraction of sp³-hybridized carbons (Fsp3) is 0.588. The highest BCUT2D eigenvalue weighted by Crippen LogP contribution is 2.06. The molecular formula is C17H28N2O. The van der Waals surface area contributed by atoms with Gasteiger partial charge in [0.15, 0.2) is 0 Å². The second kappa shape index (κ2) is 9.54. The highest BCUT2D eigenvalue weighted by atomic mass is 16.1. The zero-order valence-electron chi connectivity index (χ0n) is 13.1. The van der Waals surface area contributed by atoms with Crippen molar-refractivity contribution in [3.05, 3.63) is 35.9 Å². The smallest absolute Gasteiger partial charge is 0.220 e. The van der Waals surface area contributed by atoms with E-state index in [0.29, 0.717) is 19.0 Å². The molecule has 0 saturated heterocycles. The van der Waals surface area contributed by atoms with Crippen LogP contribution in [0.4, 0.5) is 0 Å². The summed E-state index contributed by atoms with van der Waals surface area (Å²) in [5, 5.41) is 3.06. The molecule has 1 aromatic carbocycles. The summed E-state index contributed by atoms with van der Waals surface area (Å²) in [5.41, 5.74) is 1.31. The van der Waals surface area contributed by atoms with E-state index in [4.69, 9.17) is 0 Å². The third kappa shape index (κ3) is 6.71. The van der Waals surface area contributed by atoms with Crippen LogP contribution in [-0.4, -0.2) is 37.5 Å². The number of hydrogen-bond acceptors (Lipinski definition) is 2. The average molecular weight is 276 g/mol. The minimum absolute atomic E-state index is 0.179. The molecule has 0 spiro atoms. The van der Waals surface area contributed by atoms with E-state index in [1.807, 2.05) is 6.07 Å². The summed E-state index contributed by atoms with van der Waals surface area (Å²) in [6.45, 7) is 2.87. The van der Waals surface area contributed by atoms with Gasteiger partial charge in [0, 0.05) is 19.0 Å². The summed E-state index contributed by atoms with van der Waals surface area (Å²) in [5.74, 6) is 0.179. The van der Waals surface area contributed by atoms with Gasteiger partial charge in [-0.15, -0.1) is 0 Å². The van der Waals surface area contributed by atoms with Crippen molar-refractivity contribution in [2.24, 2.45) is 0 Å². The predicted molar refractivity (Wildman–Crippen MR) is 84.8 cm³/mol. The quantitative estimate of drug-likeness (QED) is 0.703. The van der Waals surface area contributed by atoms with E-state index in [0.717, 1.165) is 25.7 Å². The number of likely N-dealkylation sites (N-methyl/N-ethyl adjacent to an activating group) is 1. The molecule has 0 aliphatic carbocycles. The molecule has 1 unspecified atom stereocenters. The molecule has 3 nitrogen and oxygen atoms in total. The molecule has 0 radical (unpaired) electrons. The molecule has 1 atom stereocenters. The van der Waals surface area contributed by atoms with Crippen LogP contribution in [0, 0.1) is 0 Å².